The maximum atomic E-state index is 5.77. The van der Waals surface area contributed by atoms with Crippen LogP contribution in [0.5, 0.6) is 0 Å². The molecule has 0 bridgehead atoms. The van der Waals surface area contributed by atoms with E-state index in [2.05, 4.69) is 0 Å². The third-order valence-corrected chi connectivity index (χ3v) is 4.77. The van der Waals surface area contributed by atoms with E-state index in [-0.39, 0.29) is 0 Å². The van der Waals surface area contributed by atoms with Gasteiger partial charge in [-0.25, -0.2) is 0 Å². The number of rotatable bonds is 17. The summed E-state index contributed by atoms with van der Waals surface area (Å²) in [5.74, 6) is 0. The largest absolute Gasteiger partial charge is 0.679 e. The first-order valence-electron chi connectivity index (χ1n) is 8.03. The van der Waals surface area contributed by atoms with Crippen molar-refractivity contribution < 1.29 is 31.9 Å². The van der Waals surface area contributed by atoms with E-state index in [1.807, 2.05) is 27.7 Å². The molecule has 22 heavy (non-hydrogen) atoms. The zero-order valence-electron chi connectivity index (χ0n) is 14.4. The van der Waals surface area contributed by atoms with Crippen LogP contribution in [0.2, 0.25) is 0 Å². The molecular weight excluding hydrogens is 308 g/mol. The van der Waals surface area contributed by atoms with Crippen LogP contribution >= 0.6 is 0 Å². The van der Waals surface area contributed by atoms with E-state index < -0.39 is 9.05 Å². The molecule has 0 heterocycles. The molecule has 0 saturated heterocycles. The van der Waals surface area contributed by atoms with Crippen molar-refractivity contribution in [1.29, 1.82) is 0 Å². The summed E-state index contributed by atoms with van der Waals surface area (Å²) in [5.41, 5.74) is 0. The van der Waals surface area contributed by atoms with Crippen LogP contribution in [0.1, 0.15) is 27.7 Å². The normalized spacial score (nSPS) is 12.0. The van der Waals surface area contributed by atoms with E-state index in [1.165, 1.54) is 0 Å². The van der Waals surface area contributed by atoms with Gasteiger partial charge in [0.1, 0.15) is 0 Å². The minimum absolute atomic E-state index is 0.364. The third kappa shape index (κ3) is 11.5. The molecule has 0 unspecified atom stereocenters. The van der Waals surface area contributed by atoms with Crippen LogP contribution in [0.4, 0.5) is 0 Å². The van der Waals surface area contributed by atoms with Gasteiger partial charge >= 0.3 is 9.05 Å². The lowest BCUT2D eigenvalue weighted by molar-refractivity contribution is -0.0591. The predicted molar refractivity (Wildman–Crippen MR) is 84.7 cm³/mol. The van der Waals surface area contributed by atoms with Crippen molar-refractivity contribution in [3.63, 3.8) is 0 Å². The van der Waals surface area contributed by atoms with Crippen LogP contribution in [0.3, 0.4) is 0 Å². The lowest BCUT2D eigenvalue weighted by atomic mass is 10.8. The van der Waals surface area contributed by atoms with Crippen LogP contribution in [-0.4, -0.2) is 75.1 Å². The zero-order chi connectivity index (χ0) is 16.5. The Morgan fingerprint density at radius 1 is 0.455 bits per heavy atom. The molecule has 0 spiro atoms. The monoisotopic (exact) mass is 340 g/mol. The topological polar surface area (TPSA) is 64.6 Å². The molecule has 0 aliphatic heterocycles. The van der Waals surface area contributed by atoms with Gasteiger partial charge in [0.2, 0.25) is 0 Å². The first-order valence-corrected chi connectivity index (χ1v) is 9.66. The van der Waals surface area contributed by atoms with Crippen LogP contribution in [0.15, 0.2) is 0 Å². The molecule has 134 valence electrons. The Labute approximate surface area is 135 Å². The Bertz CT molecular complexity index is 200. The van der Waals surface area contributed by atoms with Crippen molar-refractivity contribution in [2.45, 2.75) is 27.7 Å². The summed E-state index contributed by atoms with van der Waals surface area (Å²) in [5, 5.41) is 0. The Morgan fingerprint density at radius 3 is 1.09 bits per heavy atom. The van der Waals surface area contributed by atoms with Gasteiger partial charge in [-0.1, -0.05) is 0 Å². The van der Waals surface area contributed by atoms with Crippen molar-refractivity contribution in [2.75, 3.05) is 66.1 Å². The first-order chi connectivity index (χ1) is 10.7. The molecule has 0 radical (unpaired) electrons. The number of hydrogen-bond acceptors (Lipinski definition) is 7. The van der Waals surface area contributed by atoms with Gasteiger partial charge in [0.15, 0.2) is 0 Å². The Hall–Kier alpha value is -0.0631. The molecule has 0 aromatic carbocycles. The van der Waals surface area contributed by atoms with E-state index in [0.717, 1.165) is 0 Å². The minimum atomic E-state index is -3.19. The second-order valence-corrected chi connectivity index (χ2v) is 6.22. The number of ether oxygens (including phenoxy) is 3. The van der Waals surface area contributed by atoms with Crippen molar-refractivity contribution in [2.24, 2.45) is 0 Å². The minimum Gasteiger partial charge on any atom is -0.379 e. The maximum Gasteiger partial charge on any atom is 0.679 e. The van der Waals surface area contributed by atoms with Crippen LogP contribution < -0.4 is 0 Å². The molecule has 0 rings (SSSR count). The van der Waals surface area contributed by atoms with Gasteiger partial charge < -0.3 is 31.9 Å². The van der Waals surface area contributed by atoms with Gasteiger partial charge in [-0.05, 0) is 27.7 Å². The van der Waals surface area contributed by atoms with E-state index in [4.69, 9.17) is 31.9 Å². The predicted octanol–water partition coefficient (Wildman–Crippen LogP) is 1.62. The Kier molecular flexibility index (Phi) is 15.8. The van der Waals surface area contributed by atoms with Crippen molar-refractivity contribution >= 4 is 9.05 Å². The Morgan fingerprint density at radius 2 is 0.818 bits per heavy atom. The van der Waals surface area contributed by atoms with Gasteiger partial charge in [0, 0.05) is 26.4 Å². The smallest absolute Gasteiger partial charge is 0.379 e. The standard InChI is InChI=1S/C14H32O7Si/c1-5-15-9-12-19-22(18-8-4,20-13-10-16-6-2)21-14-11-17-7-3/h5-14H2,1-4H3. The fourth-order valence-corrected chi connectivity index (χ4v) is 3.39. The van der Waals surface area contributed by atoms with E-state index in [0.29, 0.717) is 66.1 Å². The third-order valence-electron chi connectivity index (χ3n) is 2.45. The average molecular weight is 340 g/mol. The maximum absolute atomic E-state index is 5.77. The molecule has 7 nitrogen and oxygen atoms in total. The molecule has 0 atom stereocenters. The second-order valence-electron chi connectivity index (χ2n) is 4.07. The summed E-state index contributed by atoms with van der Waals surface area (Å²) in [4.78, 5) is 0. The fraction of sp³-hybridized carbons (Fsp3) is 1.00. The summed E-state index contributed by atoms with van der Waals surface area (Å²) in [7, 11) is -3.19. The van der Waals surface area contributed by atoms with Crippen LogP contribution in [0.25, 0.3) is 0 Å². The first kappa shape index (κ1) is 21.9. The second kappa shape index (κ2) is 15.8. The lowest BCUT2D eigenvalue weighted by Crippen LogP contribution is -2.51. The SMILES string of the molecule is CCOCCO[Si](OCC)(OCCOCC)OCCOCC. The molecule has 0 fully saturated rings. The van der Waals surface area contributed by atoms with Crippen molar-refractivity contribution in [3.8, 4) is 0 Å². The van der Waals surface area contributed by atoms with Crippen molar-refractivity contribution in [3.05, 3.63) is 0 Å². The molecule has 8 heteroatoms. The van der Waals surface area contributed by atoms with Gasteiger partial charge in [-0.3, -0.25) is 0 Å². The van der Waals surface area contributed by atoms with E-state index in [1.54, 1.807) is 0 Å². The fourth-order valence-electron chi connectivity index (χ4n) is 1.54. The highest BCUT2D eigenvalue weighted by Crippen LogP contribution is 2.12. The van der Waals surface area contributed by atoms with Crippen LogP contribution in [-0.2, 0) is 31.9 Å². The van der Waals surface area contributed by atoms with Crippen LogP contribution in [0, 0.1) is 0 Å². The summed E-state index contributed by atoms with van der Waals surface area (Å²) in [6.07, 6.45) is 0. The quantitative estimate of drug-likeness (QED) is 0.294. The molecule has 0 aromatic heterocycles. The van der Waals surface area contributed by atoms with Gasteiger partial charge in [-0.2, -0.15) is 0 Å². The molecular formula is C14H32O7Si. The molecule has 0 N–H and O–H groups in total. The molecule has 0 aromatic rings. The summed E-state index contributed by atoms with van der Waals surface area (Å²) in [6, 6.07) is 0. The summed E-state index contributed by atoms with van der Waals surface area (Å²) in [6.45, 7) is 12.6. The highest BCUT2D eigenvalue weighted by atomic mass is 28.4. The Balaban J connectivity index is 4.39. The molecule has 0 amide bonds. The molecule has 0 saturated carbocycles. The summed E-state index contributed by atoms with van der Waals surface area (Å²) < 4.78 is 38.8. The van der Waals surface area contributed by atoms with E-state index in [9.17, 15) is 0 Å². The highest BCUT2D eigenvalue weighted by molar-refractivity contribution is 6.53. The zero-order valence-corrected chi connectivity index (χ0v) is 15.4. The molecule has 0 aliphatic rings. The molecule has 0 aliphatic carbocycles. The van der Waals surface area contributed by atoms with Gasteiger partial charge in [0.05, 0.1) is 39.6 Å². The highest BCUT2D eigenvalue weighted by Gasteiger charge is 2.45. The lowest BCUT2D eigenvalue weighted by Gasteiger charge is -2.27. The van der Waals surface area contributed by atoms with Gasteiger partial charge in [0.25, 0.3) is 0 Å². The van der Waals surface area contributed by atoms with Crippen molar-refractivity contribution in [1.82, 2.24) is 0 Å². The average Bonchev–Trinajstić information content (AvgIpc) is 2.53. The van der Waals surface area contributed by atoms with E-state index >= 15 is 0 Å². The number of hydrogen-bond donors (Lipinski definition) is 0. The summed E-state index contributed by atoms with van der Waals surface area (Å²) >= 11 is 0. The van der Waals surface area contributed by atoms with Gasteiger partial charge in [-0.15, -0.1) is 0 Å².